The number of nitrogens with one attached hydrogen (secondary N) is 1. The molecular formula is C8H20ClN. The Labute approximate surface area is 71.0 Å². The molecule has 0 aliphatic heterocycles. The van der Waals surface area contributed by atoms with Gasteiger partial charge in [0.25, 0.3) is 0 Å². The number of hydrogen-bond acceptors (Lipinski definition) is 1. The molecule has 0 atom stereocenters. The van der Waals surface area contributed by atoms with E-state index in [9.17, 15) is 0 Å². The lowest BCUT2D eigenvalue weighted by Gasteiger charge is -2.27. The molecule has 0 radical (unpaired) electrons. The summed E-state index contributed by atoms with van der Waals surface area (Å²) < 4.78 is 0. The Morgan fingerprint density at radius 3 is 1.60 bits per heavy atom. The molecule has 0 aliphatic rings. The molecule has 0 aromatic rings. The van der Waals surface area contributed by atoms with Gasteiger partial charge in [0.2, 0.25) is 0 Å². The minimum atomic E-state index is 0. The monoisotopic (exact) mass is 165 g/mol. The highest BCUT2D eigenvalue weighted by atomic mass is 35.5. The minimum absolute atomic E-state index is 0. The van der Waals surface area contributed by atoms with Crippen LogP contribution < -0.4 is 5.32 Å². The topological polar surface area (TPSA) is 12.0 Å². The van der Waals surface area contributed by atoms with Crippen LogP contribution in [0.15, 0.2) is 0 Å². The summed E-state index contributed by atoms with van der Waals surface area (Å²) in [4.78, 5) is 0. The van der Waals surface area contributed by atoms with E-state index >= 15 is 0 Å². The maximum Gasteiger partial charge on any atom is 0.0148 e. The summed E-state index contributed by atoms with van der Waals surface area (Å²) in [5.41, 5.74) is 0.384. The number of rotatable bonds is 4. The van der Waals surface area contributed by atoms with Gasteiger partial charge in [0.1, 0.15) is 0 Å². The average Bonchev–Trinajstić information content (AvgIpc) is 1.89. The normalized spacial score (nSPS) is 10.8. The van der Waals surface area contributed by atoms with Crippen LogP contribution in [0.2, 0.25) is 0 Å². The Hall–Kier alpha value is 0.250. The molecule has 0 saturated carbocycles. The Morgan fingerprint density at radius 1 is 1.10 bits per heavy atom. The highest BCUT2D eigenvalue weighted by Gasteiger charge is 2.16. The van der Waals surface area contributed by atoms with Crippen molar-refractivity contribution >= 4 is 12.4 Å². The lowest BCUT2D eigenvalue weighted by atomic mass is 9.96. The minimum Gasteiger partial charge on any atom is -0.312 e. The van der Waals surface area contributed by atoms with Gasteiger partial charge in [0.15, 0.2) is 0 Å². The zero-order valence-corrected chi connectivity index (χ0v) is 8.35. The molecule has 0 bridgehead atoms. The molecule has 0 aromatic carbocycles. The Balaban J connectivity index is 0. The fraction of sp³-hybridized carbons (Fsp3) is 1.00. The molecule has 0 saturated heterocycles. The predicted molar refractivity (Wildman–Crippen MR) is 49.9 cm³/mol. The SMILES string of the molecule is CCNC(C)(CC)CC.Cl. The molecule has 64 valence electrons. The van der Waals surface area contributed by atoms with Crippen molar-refractivity contribution in [3.8, 4) is 0 Å². The number of hydrogen-bond donors (Lipinski definition) is 1. The summed E-state index contributed by atoms with van der Waals surface area (Å²) in [6.07, 6.45) is 2.44. The van der Waals surface area contributed by atoms with E-state index in [1.165, 1.54) is 12.8 Å². The van der Waals surface area contributed by atoms with Crippen LogP contribution >= 0.6 is 12.4 Å². The van der Waals surface area contributed by atoms with Crippen molar-refractivity contribution in [1.82, 2.24) is 5.32 Å². The van der Waals surface area contributed by atoms with E-state index in [2.05, 4.69) is 33.0 Å². The van der Waals surface area contributed by atoms with Gasteiger partial charge < -0.3 is 5.32 Å². The first kappa shape index (κ1) is 12.9. The highest BCUT2D eigenvalue weighted by Crippen LogP contribution is 2.12. The summed E-state index contributed by atoms with van der Waals surface area (Å²) in [5.74, 6) is 0. The Kier molecular flexibility index (Phi) is 7.72. The van der Waals surface area contributed by atoms with Crippen molar-refractivity contribution in [2.45, 2.75) is 46.1 Å². The molecular weight excluding hydrogens is 146 g/mol. The summed E-state index contributed by atoms with van der Waals surface area (Å²) in [7, 11) is 0. The van der Waals surface area contributed by atoms with Crippen LogP contribution in [0.4, 0.5) is 0 Å². The van der Waals surface area contributed by atoms with Gasteiger partial charge in [-0.05, 0) is 26.3 Å². The van der Waals surface area contributed by atoms with Crippen LogP contribution in [-0.4, -0.2) is 12.1 Å². The van der Waals surface area contributed by atoms with Crippen molar-refractivity contribution in [2.75, 3.05) is 6.54 Å². The van der Waals surface area contributed by atoms with Gasteiger partial charge >= 0.3 is 0 Å². The fourth-order valence-electron chi connectivity index (χ4n) is 0.927. The molecule has 2 heteroatoms. The first-order valence-electron chi connectivity index (χ1n) is 3.93. The lowest BCUT2D eigenvalue weighted by molar-refractivity contribution is 0.340. The van der Waals surface area contributed by atoms with Crippen molar-refractivity contribution in [3.05, 3.63) is 0 Å². The quantitative estimate of drug-likeness (QED) is 0.676. The molecule has 0 rings (SSSR count). The van der Waals surface area contributed by atoms with E-state index in [1.807, 2.05) is 0 Å². The smallest absolute Gasteiger partial charge is 0.0148 e. The van der Waals surface area contributed by atoms with Gasteiger partial charge in [-0.25, -0.2) is 0 Å². The van der Waals surface area contributed by atoms with Crippen molar-refractivity contribution in [3.63, 3.8) is 0 Å². The van der Waals surface area contributed by atoms with Crippen LogP contribution in [0.3, 0.4) is 0 Å². The second-order valence-corrected chi connectivity index (χ2v) is 2.80. The molecule has 0 unspecified atom stereocenters. The summed E-state index contributed by atoms with van der Waals surface area (Å²) in [6.45, 7) is 9.97. The molecule has 0 aliphatic carbocycles. The van der Waals surface area contributed by atoms with Crippen LogP contribution in [0.1, 0.15) is 40.5 Å². The summed E-state index contributed by atoms with van der Waals surface area (Å²) >= 11 is 0. The van der Waals surface area contributed by atoms with Crippen LogP contribution in [0.25, 0.3) is 0 Å². The molecule has 0 heterocycles. The van der Waals surface area contributed by atoms with E-state index in [-0.39, 0.29) is 12.4 Å². The fourth-order valence-corrected chi connectivity index (χ4v) is 0.927. The van der Waals surface area contributed by atoms with Crippen LogP contribution in [-0.2, 0) is 0 Å². The summed E-state index contributed by atoms with van der Waals surface area (Å²) in [5, 5.41) is 3.46. The zero-order chi connectivity index (χ0) is 7.33. The molecule has 0 amide bonds. The van der Waals surface area contributed by atoms with Gasteiger partial charge in [-0.2, -0.15) is 0 Å². The van der Waals surface area contributed by atoms with Gasteiger partial charge in [-0.1, -0.05) is 20.8 Å². The Bertz CT molecular complexity index is 69.7. The van der Waals surface area contributed by atoms with Crippen LogP contribution in [0, 0.1) is 0 Å². The van der Waals surface area contributed by atoms with E-state index in [1.54, 1.807) is 0 Å². The first-order valence-corrected chi connectivity index (χ1v) is 3.93. The molecule has 0 fully saturated rings. The molecule has 0 aromatic heterocycles. The van der Waals surface area contributed by atoms with E-state index in [0.29, 0.717) is 5.54 Å². The lowest BCUT2D eigenvalue weighted by Crippen LogP contribution is -2.40. The van der Waals surface area contributed by atoms with Gasteiger partial charge in [-0.3, -0.25) is 0 Å². The maximum atomic E-state index is 3.46. The maximum absolute atomic E-state index is 3.46. The third kappa shape index (κ3) is 4.13. The Morgan fingerprint density at radius 2 is 1.50 bits per heavy atom. The number of halogens is 1. The first-order chi connectivity index (χ1) is 4.18. The van der Waals surface area contributed by atoms with Crippen LogP contribution in [0.5, 0.6) is 0 Å². The highest BCUT2D eigenvalue weighted by molar-refractivity contribution is 5.85. The molecule has 10 heavy (non-hydrogen) atoms. The third-order valence-electron chi connectivity index (χ3n) is 2.16. The standard InChI is InChI=1S/C8H19N.ClH/c1-5-8(4,6-2)9-7-3;/h9H,5-7H2,1-4H3;1H. The largest absolute Gasteiger partial charge is 0.312 e. The van der Waals surface area contributed by atoms with Crippen molar-refractivity contribution in [1.29, 1.82) is 0 Å². The van der Waals surface area contributed by atoms with Gasteiger partial charge in [0.05, 0.1) is 0 Å². The zero-order valence-electron chi connectivity index (χ0n) is 7.53. The van der Waals surface area contributed by atoms with Crippen molar-refractivity contribution in [2.24, 2.45) is 0 Å². The summed E-state index contributed by atoms with van der Waals surface area (Å²) in [6, 6.07) is 0. The predicted octanol–water partition coefficient (Wildman–Crippen LogP) is 2.60. The van der Waals surface area contributed by atoms with E-state index in [4.69, 9.17) is 0 Å². The van der Waals surface area contributed by atoms with Crippen molar-refractivity contribution < 1.29 is 0 Å². The molecule has 0 spiro atoms. The van der Waals surface area contributed by atoms with E-state index in [0.717, 1.165) is 6.54 Å². The molecule has 1 nitrogen and oxygen atoms in total. The van der Waals surface area contributed by atoms with Gasteiger partial charge in [0, 0.05) is 5.54 Å². The third-order valence-corrected chi connectivity index (χ3v) is 2.16. The second-order valence-electron chi connectivity index (χ2n) is 2.80. The van der Waals surface area contributed by atoms with E-state index < -0.39 is 0 Å². The average molecular weight is 166 g/mol. The molecule has 1 N–H and O–H groups in total. The second kappa shape index (κ2) is 5.99. The van der Waals surface area contributed by atoms with Gasteiger partial charge in [-0.15, -0.1) is 12.4 Å².